The molecule has 0 unspecified atom stereocenters. The highest BCUT2D eigenvalue weighted by molar-refractivity contribution is 6.04. The Balaban J connectivity index is 1.56. The normalized spacial score (nSPS) is 16.2. The highest BCUT2D eigenvalue weighted by Gasteiger charge is 2.26. The first kappa shape index (κ1) is 18.4. The SMILES string of the molecule is Cc1ccc([C@H](CNC(=O)c2n[nH]c(=O)c3ccccc23)N2CCOCC2)o1. The maximum atomic E-state index is 12.8. The maximum Gasteiger partial charge on any atom is 0.272 e. The second kappa shape index (κ2) is 7.95. The van der Waals surface area contributed by atoms with Crippen molar-refractivity contribution in [2.24, 2.45) is 0 Å². The van der Waals surface area contributed by atoms with Crippen LogP contribution in [0.5, 0.6) is 0 Å². The van der Waals surface area contributed by atoms with E-state index in [1.165, 1.54) is 0 Å². The summed E-state index contributed by atoms with van der Waals surface area (Å²) in [6.45, 7) is 5.09. The number of ether oxygens (including phenoxy) is 1. The van der Waals surface area contributed by atoms with Crippen molar-refractivity contribution in [1.29, 1.82) is 0 Å². The van der Waals surface area contributed by atoms with Crippen LogP contribution in [0, 0.1) is 6.92 Å². The van der Waals surface area contributed by atoms with Crippen molar-refractivity contribution in [1.82, 2.24) is 20.4 Å². The molecule has 146 valence electrons. The number of morpholine rings is 1. The van der Waals surface area contributed by atoms with Crippen LogP contribution in [-0.4, -0.2) is 53.9 Å². The molecule has 3 aromatic rings. The zero-order valence-electron chi connectivity index (χ0n) is 15.6. The molecule has 2 N–H and O–H groups in total. The smallest absolute Gasteiger partial charge is 0.272 e. The van der Waals surface area contributed by atoms with E-state index in [2.05, 4.69) is 20.4 Å². The predicted molar refractivity (Wildman–Crippen MR) is 103 cm³/mol. The quantitative estimate of drug-likeness (QED) is 0.696. The number of nitrogens with one attached hydrogen (secondary N) is 2. The highest BCUT2D eigenvalue weighted by atomic mass is 16.5. The standard InChI is InChI=1S/C20H22N4O4/c1-13-6-7-17(28-13)16(24-8-10-27-11-9-24)12-21-20(26)18-14-4-2-3-5-15(14)19(25)23-22-18/h2-7,16H,8-12H2,1H3,(H,21,26)(H,23,25)/t16-/m0/s1. The van der Waals surface area contributed by atoms with Gasteiger partial charge in [0.15, 0.2) is 5.69 Å². The minimum atomic E-state index is -0.339. The van der Waals surface area contributed by atoms with E-state index in [4.69, 9.17) is 9.15 Å². The van der Waals surface area contributed by atoms with Crippen molar-refractivity contribution in [3.05, 3.63) is 64.0 Å². The van der Waals surface area contributed by atoms with Gasteiger partial charge in [0.05, 0.1) is 24.6 Å². The van der Waals surface area contributed by atoms with E-state index in [1.807, 2.05) is 19.1 Å². The summed E-state index contributed by atoms with van der Waals surface area (Å²) in [5, 5.41) is 10.3. The minimum absolute atomic E-state index is 0.101. The second-order valence-corrected chi connectivity index (χ2v) is 6.77. The van der Waals surface area contributed by atoms with Crippen LogP contribution in [0.3, 0.4) is 0 Å². The summed E-state index contributed by atoms with van der Waals surface area (Å²) < 4.78 is 11.3. The Labute approximate surface area is 161 Å². The molecule has 3 heterocycles. The molecule has 8 heteroatoms. The number of carbonyl (C=O) groups excluding carboxylic acids is 1. The molecule has 0 radical (unpaired) electrons. The molecule has 4 rings (SSSR count). The molecule has 1 atom stereocenters. The van der Waals surface area contributed by atoms with E-state index < -0.39 is 0 Å². The lowest BCUT2D eigenvalue weighted by molar-refractivity contribution is 0.0117. The number of aromatic nitrogens is 2. The van der Waals surface area contributed by atoms with Gasteiger partial charge in [-0.15, -0.1) is 0 Å². The molecule has 8 nitrogen and oxygen atoms in total. The third-order valence-corrected chi connectivity index (χ3v) is 4.94. The van der Waals surface area contributed by atoms with E-state index in [0.717, 1.165) is 24.6 Å². The van der Waals surface area contributed by atoms with Crippen molar-refractivity contribution in [2.45, 2.75) is 13.0 Å². The van der Waals surface area contributed by atoms with Gasteiger partial charge in [0.1, 0.15) is 11.5 Å². The Kier molecular flexibility index (Phi) is 5.23. The van der Waals surface area contributed by atoms with E-state index in [1.54, 1.807) is 24.3 Å². The number of carbonyl (C=O) groups is 1. The topological polar surface area (TPSA) is 100 Å². The Bertz CT molecular complexity index is 1040. The maximum absolute atomic E-state index is 12.8. The molecular formula is C20H22N4O4. The third kappa shape index (κ3) is 3.69. The number of aromatic amines is 1. The van der Waals surface area contributed by atoms with E-state index in [0.29, 0.717) is 30.5 Å². The predicted octanol–water partition coefficient (Wildman–Crippen LogP) is 1.63. The number of furan rings is 1. The largest absolute Gasteiger partial charge is 0.465 e. The fourth-order valence-corrected chi connectivity index (χ4v) is 3.49. The number of aryl methyl sites for hydroxylation is 1. The molecule has 28 heavy (non-hydrogen) atoms. The minimum Gasteiger partial charge on any atom is -0.465 e. The first-order chi connectivity index (χ1) is 13.6. The number of nitrogens with zero attached hydrogens (tertiary/aromatic N) is 2. The second-order valence-electron chi connectivity index (χ2n) is 6.77. The van der Waals surface area contributed by atoms with Crippen LogP contribution in [0.1, 0.15) is 28.1 Å². The molecule has 0 aliphatic carbocycles. The number of benzene rings is 1. The van der Waals surface area contributed by atoms with Crippen LogP contribution in [0.25, 0.3) is 10.8 Å². The van der Waals surface area contributed by atoms with Gasteiger partial charge in [0.25, 0.3) is 11.5 Å². The molecular weight excluding hydrogens is 360 g/mol. The number of amides is 1. The number of hydrogen-bond acceptors (Lipinski definition) is 6. The molecule has 1 fully saturated rings. The van der Waals surface area contributed by atoms with Gasteiger partial charge in [-0.2, -0.15) is 5.10 Å². The van der Waals surface area contributed by atoms with Crippen molar-refractivity contribution < 1.29 is 13.9 Å². The number of rotatable bonds is 5. The average molecular weight is 382 g/mol. The zero-order chi connectivity index (χ0) is 19.5. The molecule has 2 aromatic heterocycles. The zero-order valence-corrected chi connectivity index (χ0v) is 15.6. The van der Waals surface area contributed by atoms with Gasteiger partial charge < -0.3 is 14.5 Å². The van der Waals surface area contributed by atoms with Crippen molar-refractivity contribution in [3.63, 3.8) is 0 Å². The molecule has 0 spiro atoms. The third-order valence-electron chi connectivity index (χ3n) is 4.94. The van der Waals surface area contributed by atoms with Crippen LogP contribution in [0.15, 0.2) is 45.6 Å². The van der Waals surface area contributed by atoms with Crippen LogP contribution in [-0.2, 0) is 4.74 Å². The lowest BCUT2D eigenvalue weighted by Gasteiger charge is -2.33. The Hall–Kier alpha value is -2.97. The van der Waals surface area contributed by atoms with Gasteiger partial charge in [-0.05, 0) is 25.1 Å². The van der Waals surface area contributed by atoms with Gasteiger partial charge in [-0.1, -0.05) is 18.2 Å². The number of hydrogen-bond donors (Lipinski definition) is 2. The van der Waals surface area contributed by atoms with Gasteiger partial charge >= 0.3 is 0 Å². The molecule has 1 aliphatic rings. The van der Waals surface area contributed by atoms with Gasteiger partial charge in [-0.25, -0.2) is 5.10 Å². The van der Waals surface area contributed by atoms with Crippen LogP contribution >= 0.6 is 0 Å². The van der Waals surface area contributed by atoms with E-state index in [9.17, 15) is 9.59 Å². The molecule has 1 aromatic carbocycles. The molecule has 0 bridgehead atoms. The van der Waals surface area contributed by atoms with Crippen molar-refractivity contribution in [3.8, 4) is 0 Å². The van der Waals surface area contributed by atoms with E-state index >= 15 is 0 Å². The number of fused-ring (bicyclic) bond motifs is 1. The fraction of sp³-hybridized carbons (Fsp3) is 0.350. The summed E-state index contributed by atoms with van der Waals surface area (Å²) in [6.07, 6.45) is 0. The van der Waals surface area contributed by atoms with Crippen molar-refractivity contribution >= 4 is 16.7 Å². The Morgan fingerprint density at radius 3 is 2.68 bits per heavy atom. The number of H-pyrrole nitrogens is 1. The van der Waals surface area contributed by atoms with Crippen LogP contribution in [0.2, 0.25) is 0 Å². The van der Waals surface area contributed by atoms with Crippen LogP contribution in [0.4, 0.5) is 0 Å². The molecule has 1 saturated heterocycles. The van der Waals surface area contributed by atoms with Crippen LogP contribution < -0.4 is 10.9 Å². The molecule has 1 amide bonds. The van der Waals surface area contributed by atoms with Gasteiger partial charge in [0.2, 0.25) is 0 Å². The Morgan fingerprint density at radius 1 is 1.21 bits per heavy atom. The summed E-state index contributed by atoms with van der Waals surface area (Å²) in [4.78, 5) is 27.0. The molecule has 1 aliphatic heterocycles. The van der Waals surface area contributed by atoms with Gasteiger partial charge in [-0.3, -0.25) is 14.5 Å². The summed E-state index contributed by atoms with van der Waals surface area (Å²) in [6, 6.07) is 10.7. The summed E-state index contributed by atoms with van der Waals surface area (Å²) in [7, 11) is 0. The monoisotopic (exact) mass is 382 g/mol. The summed E-state index contributed by atoms with van der Waals surface area (Å²) in [5.41, 5.74) is -0.115. The van der Waals surface area contributed by atoms with Crippen molar-refractivity contribution in [2.75, 3.05) is 32.8 Å². The van der Waals surface area contributed by atoms with Gasteiger partial charge in [0, 0.05) is 25.0 Å². The summed E-state index contributed by atoms with van der Waals surface area (Å²) >= 11 is 0. The molecule has 0 saturated carbocycles. The van der Waals surface area contributed by atoms with E-state index in [-0.39, 0.29) is 23.2 Å². The first-order valence-corrected chi connectivity index (χ1v) is 9.27. The summed E-state index contributed by atoms with van der Waals surface area (Å²) in [5.74, 6) is 1.29. The highest BCUT2D eigenvalue weighted by Crippen LogP contribution is 2.23. The lowest BCUT2D eigenvalue weighted by atomic mass is 10.1. The lowest BCUT2D eigenvalue weighted by Crippen LogP contribution is -2.43. The first-order valence-electron chi connectivity index (χ1n) is 9.27. The average Bonchev–Trinajstić information content (AvgIpc) is 3.15. The Morgan fingerprint density at radius 2 is 1.96 bits per heavy atom. The fourth-order valence-electron chi connectivity index (χ4n) is 3.49.